The van der Waals surface area contributed by atoms with Crippen molar-refractivity contribution in [1.29, 1.82) is 0 Å². The van der Waals surface area contributed by atoms with Crippen LogP contribution in [-0.4, -0.2) is 59.9 Å². The summed E-state index contributed by atoms with van der Waals surface area (Å²) in [5.41, 5.74) is 1.66. The third-order valence-electron chi connectivity index (χ3n) is 5.61. The zero-order valence-electron chi connectivity index (χ0n) is 18.0. The highest BCUT2D eigenvalue weighted by atomic mass is 79.9. The van der Waals surface area contributed by atoms with Gasteiger partial charge in [-0.15, -0.1) is 0 Å². The molecule has 33 heavy (non-hydrogen) atoms. The molecule has 0 aliphatic carbocycles. The summed E-state index contributed by atoms with van der Waals surface area (Å²) in [7, 11) is 0. The number of hydrogen-bond acceptors (Lipinski definition) is 7. The summed E-state index contributed by atoms with van der Waals surface area (Å²) in [6.07, 6.45) is 2.97. The summed E-state index contributed by atoms with van der Waals surface area (Å²) >= 11 is 3.48. The van der Waals surface area contributed by atoms with Crippen molar-refractivity contribution in [2.75, 3.05) is 18.4 Å². The lowest BCUT2D eigenvalue weighted by Crippen LogP contribution is -2.43. The first-order valence-corrected chi connectivity index (χ1v) is 11.2. The van der Waals surface area contributed by atoms with Gasteiger partial charge < -0.3 is 25.5 Å². The maximum atomic E-state index is 12.7. The number of anilines is 1. The molecule has 0 saturated carbocycles. The van der Waals surface area contributed by atoms with Crippen molar-refractivity contribution in [1.82, 2.24) is 19.5 Å². The van der Waals surface area contributed by atoms with E-state index >= 15 is 0 Å². The highest BCUT2D eigenvalue weighted by molar-refractivity contribution is 9.10. The van der Waals surface area contributed by atoms with E-state index in [2.05, 4.69) is 37.9 Å². The number of amides is 1. The number of rotatable bonds is 5. The van der Waals surface area contributed by atoms with E-state index in [1.807, 2.05) is 12.1 Å². The fourth-order valence-electron chi connectivity index (χ4n) is 3.95. The van der Waals surface area contributed by atoms with Crippen molar-refractivity contribution in [3.63, 3.8) is 0 Å². The predicted octanol–water partition coefficient (Wildman–Crippen LogP) is 4.17. The molecule has 1 aliphatic heterocycles. The molecule has 0 unspecified atom stereocenters. The zero-order chi connectivity index (χ0) is 23.7. The number of para-hydroxylation sites is 1. The van der Waals surface area contributed by atoms with E-state index in [0.717, 1.165) is 4.47 Å². The normalized spacial score (nSPS) is 15.4. The van der Waals surface area contributed by atoms with Gasteiger partial charge >= 0.3 is 0 Å². The number of aliphatic hydroxyl groups excluding tert-OH is 2. The highest BCUT2D eigenvalue weighted by Gasteiger charge is 2.28. The standard InChI is InChI=1S/C23H24BrN5O4/c1-13(30)21(14(2)31)23(33)28-9-7-15(8-10-28)26-20-11-18(16-5-3-4-6-19(16)32)27-22-17(24)12-25-29(20)22/h3-6,11-12,15,26,30-32H,1,7-10H2,2H3/b21-14-. The van der Waals surface area contributed by atoms with Gasteiger partial charge in [-0.1, -0.05) is 18.7 Å². The summed E-state index contributed by atoms with van der Waals surface area (Å²) in [4.78, 5) is 18.9. The zero-order valence-corrected chi connectivity index (χ0v) is 19.6. The van der Waals surface area contributed by atoms with Gasteiger partial charge in [0.15, 0.2) is 5.65 Å². The largest absolute Gasteiger partial charge is 0.512 e. The van der Waals surface area contributed by atoms with Crippen molar-refractivity contribution >= 4 is 33.3 Å². The van der Waals surface area contributed by atoms with Crippen LogP contribution in [0.4, 0.5) is 5.82 Å². The number of aliphatic hydroxyl groups is 2. The molecule has 1 saturated heterocycles. The molecule has 9 nitrogen and oxygen atoms in total. The molecule has 172 valence electrons. The summed E-state index contributed by atoms with van der Waals surface area (Å²) in [5.74, 6) is -0.293. The number of piperidine rings is 1. The van der Waals surface area contributed by atoms with Crippen LogP contribution in [-0.2, 0) is 4.79 Å². The van der Waals surface area contributed by atoms with Crippen molar-refractivity contribution in [2.24, 2.45) is 0 Å². The number of halogens is 1. The molecule has 1 amide bonds. The van der Waals surface area contributed by atoms with Crippen molar-refractivity contribution in [3.05, 3.63) is 64.7 Å². The molecule has 0 bridgehead atoms. The van der Waals surface area contributed by atoms with Crippen LogP contribution in [0.5, 0.6) is 5.75 Å². The number of phenols is 1. The molecule has 3 heterocycles. The third-order valence-corrected chi connectivity index (χ3v) is 6.17. The lowest BCUT2D eigenvalue weighted by Gasteiger charge is -2.33. The Morgan fingerprint density at radius 2 is 1.94 bits per heavy atom. The molecule has 3 aromatic rings. The number of hydrogen-bond donors (Lipinski definition) is 4. The Balaban J connectivity index is 1.56. The number of aromatic nitrogens is 3. The van der Waals surface area contributed by atoms with Gasteiger partial charge in [-0.3, -0.25) is 4.79 Å². The number of fused-ring (bicyclic) bond motifs is 1. The Labute approximate surface area is 198 Å². The van der Waals surface area contributed by atoms with Crippen molar-refractivity contribution in [3.8, 4) is 17.0 Å². The molecule has 1 aliphatic rings. The molecule has 1 fully saturated rings. The Bertz CT molecular complexity index is 1260. The van der Waals surface area contributed by atoms with E-state index in [0.29, 0.717) is 48.7 Å². The molecule has 0 atom stereocenters. The third kappa shape index (κ3) is 4.51. The maximum Gasteiger partial charge on any atom is 0.261 e. The second-order valence-corrected chi connectivity index (χ2v) is 8.74. The number of phenolic OH excluding ortho intramolecular Hbond substituents is 1. The molecule has 4 N–H and O–H groups in total. The van der Waals surface area contributed by atoms with Crippen LogP contribution in [0, 0.1) is 0 Å². The first-order chi connectivity index (χ1) is 15.8. The van der Waals surface area contributed by atoms with E-state index in [1.54, 1.807) is 33.8 Å². The van der Waals surface area contributed by atoms with E-state index in [-0.39, 0.29) is 23.1 Å². The van der Waals surface area contributed by atoms with E-state index < -0.39 is 11.7 Å². The van der Waals surface area contributed by atoms with Crippen LogP contribution >= 0.6 is 15.9 Å². The number of allylic oxidation sites excluding steroid dienone is 1. The minimum Gasteiger partial charge on any atom is -0.512 e. The molecular weight excluding hydrogens is 490 g/mol. The Morgan fingerprint density at radius 1 is 1.24 bits per heavy atom. The van der Waals surface area contributed by atoms with Gasteiger partial charge in [0.2, 0.25) is 0 Å². The molecule has 2 aromatic heterocycles. The molecule has 1 aromatic carbocycles. The number of nitrogens with one attached hydrogen (secondary N) is 1. The lowest BCUT2D eigenvalue weighted by atomic mass is 10.0. The van der Waals surface area contributed by atoms with Crippen LogP contribution in [0.1, 0.15) is 19.8 Å². The first kappa shape index (κ1) is 22.7. The van der Waals surface area contributed by atoms with Crippen molar-refractivity contribution < 1.29 is 20.1 Å². The average Bonchev–Trinajstić information content (AvgIpc) is 3.15. The minimum absolute atomic E-state index is 0.0554. The number of benzene rings is 1. The number of likely N-dealkylation sites (tertiary alicyclic amines) is 1. The SMILES string of the molecule is C=C(O)/C(C(=O)N1CCC(Nc2cc(-c3ccccc3O)nc3c(Br)cnn23)CC1)=C(\C)O. The first-order valence-electron chi connectivity index (χ1n) is 10.4. The molecule has 0 radical (unpaired) electrons. The quantitative estimate of drug-likeness (QED) is 0.229. The number of nitrogens with zero attached hydrogens (tertiary/aromatic N) is 4. The van der Waals surface area contributed by atoms with Crippen LogP contribution in [0.2, 0.25) is 0 Å². The summed E-state index contributed by atoms with van der Waals surface area (Å²) in [6.45, 7) is 5.62. The molecule has 4 rings (SSSR count). The molecule has 0 spiro atoms. The van der Waals surface area contributed by atoms with Crippen LogP contribution in [0.25, 0.3) is 16.9 Å². The smallest absolute Gasteiger partial charge is 0.261 e. The lowest BCUT2D eigenvalue weighted by molar-refractivity contribution is -0.128. The summed E-state index contributed by atoms with van der Waals surface area (Å²) in [5, 5.41) is 37.6. The van der Waals surface area contributed by atoms with Gasteiger partial charge in [0, 0.05) is 30.8 Å². The van der Waals surface area contributed by atoms with Crippen molar-refractivity contribution in [2.45, 2.75) is 25.8 Å². The minimum atomic E-state index is -0.444. The van der Waals surface area contributed by atoms with Crippen LogP contribution < -0.4 is 5.32 Å². The maximum absolute atomic E-state index is 12.7. The van der Waals surface area contributed by atoms with Gasteiger partial charge in [-0.2, -0.15) is 9.61 Å². The van der Waals surface area contributed by atoms with Gasteiger partial charge in [0.25, 0.3) is 5.91 Å². The summed E-state index contributed by atoms with van der Waals surface area (Å²) < 4.78 is 2.42. The van der Waals surface area contributed by atoms with Gasteiger partial charge in [0.1, 0.15) is 28.7 Å². The Morgan fingerprint density at radius 3 is 2.58 bits per heavy atom. The van der Waals surface area contributed by atoms with Crippen LogP contribution in [0.15, 0.2) is 64.7 Å². The Kier molecular flexibility index (Phi) is 6.28. The Hall–Kier alpha value is -3.53. The topological polar surface area (TPSA) is 123 Å². The summed E-state index contributed by atoms with van der Waals surface area (Å²) in [6, 6.07) is 8.90. The number of aromatic hydroxyl groups is 1. The number of carbonyl (C=O) groups excluding carboxylic acids is 1. The fourth-order valence-corrected chi connectivity index (χ4v) is 4.30. The monoisotopic (exact) mass is 513 g/mol. The molecular formula is C23H24BrN5O4. The highest BCUT2D eigenvalue weighted by Crippen LogP contribution is 2.31. The second-order valence-electron chi connectivity index (χ2n) is 7.89. The average molecular weight is 514 g/mol. The fraction of sp³-hybridized carbons (Fsp3) is 0.261. The van der Waals surface area contributed by atoms with E-state index in [1.165, 1.54) is 6.92 Å². The van der Waals surface area contributed by atoms with E-state index in [4.69, 9.17) is 0 Å². The predicted molar refractivity (Wildman–Crippen MR) is 128 cm³/mol. The van der Waals surface area contributed by atoms with Gasteiger partial charge in [0.05, 0.1) is 16.4 Å². The number of carbonyl (C=O) groups is 1. The second kappa shape index (κ2) is 9.14. The van der Waals surface area contributed by atoms with E-state index in [9.17, 15) is 20.1 Å². The molecule has 10 heteroatoms. The van der Waals surface area contributed by atoms with Gasteiger partial charge in [-0.05, 0) is 47.8 Å². The van der Waals surface area contributed by atoms with Gasteiger partial charge in [-0.25, -0.2) is 4.98 Å². The van der Waals surface area contributed by atoms with Crippen LogP contribution in [0.3, 0.4) is 0 Å².